The minimum absolute atomic E-state index is 0.943. The number of halogens is 1. The molecule has 1 aromatic heterocycles. The summed E-state index contributed by atoms with van der Waals surface area (Å²) in [6, 6.07) is 8.34. The Bertz CT molecular complexity index is 546. The second-order valence-electron chi connectivity index (χ2n) is 4.40. The highest BCUT2D eigenvalue weighted by Gasteiger charge is 2.14. The van der Waals surface area contributed by atoms with Crippen molar-refractivity contribution in [3.05, 3.63) is 40.1 Å². The van der Waals surface area contributed by atoms with E-state index in [0.717, 1.165) is 23.4 Å². The lowest BCUT2D eigenvalue weighted by Gasteiger charge is -2.08. The van der Waals surface area contributed by atoms with Gasteiger partial charge in [0.05, 0.1) is 5.69 Å². The first-order valence-electron chi connectivity index (χ1n) is 6.07. The Kier molecular flexibility index (Phi) is 4.19. The van der Waals surface area contributed by atoms with E-state index in [0.29, 0.717) is 0 Å². The van der Waals surface area contributed by atoms with Crippen LogP contribution in [0.3, 0.4) is 0 Å². The molecule has 3 nitrogen and oxygen atoms in total. The van der Waals surface area contributed by atoms with Gasteiger partial charge in [-0.2, -0.15) is 0 Å². The van der Waals surface area contributed by atoms with Crippen molar-refractivity contribution >= 4 is 15.9 Å². The van der Waals surface area contributed by atoms with E-state index in [-0.39, 0.29) is 0 Å². The molecule has 1 aromatic carbocycles. The number of hydrogen-bond donors (Lipinski definition) is 1. The molecule has 2 rings (SSSR count). The van der Waals surface area contributed by atoms with Gasteiger partial charge in [-0.05, 0) is 35.5 Å². The highest BCUT2D eigenvalue weighted by molar-refractivity contribution is 9.10. The number of aromatic nitrogens is 2. The monoisotopic (exact) mass is 307 g/mol. The van der Waals surface area contributed by atoms with E-state index < -0.39 is 0 Å². The van der Waals surface area contributed by atoms with Gasteiger partial charge in [0.15, 0.2) is 0 Å². The molecule has 0 aliphatic carbocycles. The normalized spacial score (nSPS) is 10.9. The molecule has 0 fully saturated rings. The maximum Gasteiger partial charge on any atom is 0.141 e. The molecule has 0 radical (unpaired) electrons. The molecular formula is C14H18BrN3. The summed E-state index contributed by atoms with van der Waals surface area (Å²) in [6.07, 6.45) is 0.965. The molecule has 0 aliphatic heterocycles. The van der Waals surface area contributed by atoms with Gasteiger partial charge in [-0.1, -0.05) is 24.3 Å². The van der Waals surface area contributed by atoms with E-state index in [4.69, 9.17) is 0 Å². The molecule has 1 N–H and O–H groups in total. The zero-order valence-corrected chi connectivity index (χ0v) is 12.6. The van der Waals surface area contributed by atoms with Crippen molar-refractivity contribution in [1.29, 1.82) is 0 Å². The number of nitrogens with one attached hydrogen (secondary N) is 1. The zero-order chi connectivity index (χ0) is 13.1. The summed E-state index contributed by atoms with van der Waals surface area (Å²) < 4.78 is 3.11. The van der Waals surface area contributed by atoms with Crippen LogP contribution < -0.4 is 5.32 Å². The predicted octanol–water partition coefficient (Wildman–Crippen LogP) is 2.92. The van der Waals surface area contributed by atoms with Crippen molar-refractivity contribution in [1.82, 2.24) is 14.9 Å². The molecule has 4 heteroatoms. The highest BCUT2D eigenvalue weighted by Crippen LogP contribution is 2.27. The van der Waals surface area contributed by atoms with Gasteiger partial charge < -0.3 is 9.88 Å². The number of benzene rings is 1. The Balaban J connectivity index is 2.44. The minimum Gasteiger partial charge on any atom is -0.330 e. The van der Waals surface area contributed by atoms with Crippen LogP contribution in [0.4, 0.5) is 0 Å². The van der Waals surface area contributed by atoms with Gasteiger partial charge in [-0.15, -0.1) is 0 Å². The number of rotatable bonds is 4. The molecule has 0 aliphatic rings. The van der Waals surface area contributed by atoms with Gasteiger partial charge in [0.25, 0.3) is 0 Å². The second-order valence-corrected chi connectivity index (χ2v) is 5.15. The summed E-state index contributed by atoms with van der Waals surface area (Å²) in [5, 5.41) is 3.17. The Labute approximate surface area is 116 Å². The smallest absolute Gasteiger partial charge is 0.141 e. The number of hydrogen-bond acceptors (Lipinski definition) is 2. The Hall–Kier alpha value is -1.13. The lowest BCUT2D eigenvalue weighted by Crippen LogP contribution is -2.12. The molecule has 1 heterocycles. The number of likely N-dealkylation sites (N-methyl/N-ethyl adjacent to an activating group) is 1. The van der Waals surface area contributed by atoms with Gasteiger partial charge in [0.1, 0.15) is 10.4 Å². The van der Waals surface area contributed by atoms with E-state index in [9.17, 15) is 0 Å². The van der Waals surface area contributed by atoms with Crippen LogP contribution in [0.25, 0.3) is 11.4 Å². The van der Waals surface area contributed by atoms with Crippen molar-refractivity contribution in [3.63, 3.8) is 0 Å². The third kappa shape index (κ3) is 2.49. The summed E-state index contributed by atoms with van der Waals surface area (Å²) in [5.41, 5.74) is 3.66. The van der Waals surface area contributed by atoms with Gasteiger partial charge in [-0.3, -0.25) is 0 Å². The van der Waals surface area contributed by atoms with Crippen LogP contribution in [-0.4, -0.2) is 23.1 Å². The molecule has 0 amide bonds. The lowest BCUT2D eigenvalue weighted by molar-refractivity contribution is 0.737. The Morgan fingerprint density at radius 2 is 2.06 bits per heavy atom. The number of imidazole rings is 1. The summed E-state index contributed by atoms with van der Waals surface area (Å²) in [6.45, 7) is 3.07. The lowest BCUT2D eigenvalue weighted by atomic mass is 10.1. The number of aryl methyl sites for hydroxylation is 1. The molecule has 0 saturated heterocycles. The van der Waals surface area contributed by atoms with Crippen LogP contribution in [0.2, 0.25) is 0 Å². The van der Waals surface area contributed by atoms with Gasteiger partial charge >= 0.3 is 0 Å². The highest BCUT2D eigenvalue weighted by atomic mass is 79.9. The predicted molar refractivity (Wildman–Crippen MR) is 78.7 cm³/mol. The summed E-state index contributed by atoms with van der Waals surface area (Å²) in [7, 11) is 4.04. The van der Waals surface area contributed by atoms with Crippen molar-refractivity contribution in [2.24, 2.45) is 7.05 Å². The second kappa shape index (κ2) is 5.67. The number of nitrogens with zero attached hydrogens (tertiary/aromatic N) is 2. The fourth-order valence-corrected chi connectivity index (χ4v) is 2.71. The van der Waals surface area contributed by atoms with E-state index in [1.54, 1.807) is 0 Å². The molecule has 0 saturated carbocycles. The van der Waals surface area contributed by atoms with Crippen LogP contribution in [0.5, 0.6) is 0 Å². The zero-order valence-electron chi connectivity index (χ0n) is 11.0. The third-order valence-corrected chi connectivity index (χ3v) is 3.80. The average molecular weight is 308 g/mol. The molecular weight excluding hydrogens is 290 g/mol. The van der Waals surface area contributed by atoms with Crippen molar-refractivity contribution in [2.45, 2.75) is 13.3 Å². The molecule has 0 spiro atoms. The van der Waals surface area contributed by atoms with Crippen LogP contribution >= 0.6 is 15.9 Å². The maximum atomic E-state index is 4.65. The molecule has 0 bridgehead atoms. The van der Waals surface area contributed by atoms with Crippen LogP contribution in [0.1, 0.15) is 11.3 Å². The Morgan fingerprint density at radius 3 is 2.72 bits per heavy atom. The molecule has 18 heavy (non-hydrogen) atoms. The topological polar surface area (TPSA) is 29.9 Å². The SMILES string of the molecule is CNCCc1c(Br)nc(-c2ccccc2C)n1C. The minimum atomic E-state index is 0.943. The first-order valence-corrected chi connectivity index (χ1v) is 6.86. The molecule has 2 aromatic rings. The Morgan fingerprint density at radius 1 is 1.33 bits per heavy atom. The van der Waals surface area contributed by atoms with Gasteiger partial charge in [0, 0.05) is 25.6 Å². The van der Waals surface area contributed by atoms with Crippen LogP contribution in [-0.2, 0) is 13.5 Å². The van der Waals surface area contributed by atoms with Crippen LogP contribution in [0.15, 0.2) is 28.9 Å². The van der Waals surface area contributed by atoms with Crippen LogP contribution in [0, 0.1) is 6.92 Å². The largest absolute Gasteiger partial charge is 0.330 e. The quantitative estimate of drug-likeness (QED) is 0.941. The fourth-order valence-electron chi connectivity index (χ4n) is 2.08. The maximum absolute atomic E-state index is 4.65. The van der Waals surface area contributed by atoms with E-state index in [2.05, 4.69) is 69.0 Å². The molecule has 96 valence electrons. The van der Waals surface area contributed by atoms with Gasteiger partial charge in [-0.25, -0.2) is 4.98 Å². The summed E-state index contributed by atoms with van der Waals surface area (Å²) in [5.74, 6) is 1.02. The van der Waals surface area contributed by atoms with E-state index >= 15 is 0 Å². The third-order valence-electron chi connectivity index (χ3n) is 3.16. The first-order chi connectivity index (χ1) is 8.65. The first kappa shape index (κ1) is 13.3. The standard InChI is InChI=1S/C14H18BrN3/c1-10-6-4-5-7-11(10)14-17-13(15)12(18(14)3)8-9-16-2/h4-7,16H,8-9H2,1-3H3. The van der Waals surface area contributed by atoms with Crippen molar-refractivity contribution < 1.29 is 0 Å². The summed E-state index contributed by atoms with van der Waals surface area (Å²) >= 11 is 3.56. The summed E-state index contributed by atoms with van der Waals surface area (Å²) in [4.78, 5) is 4.65. The molecule has 0 atom stereocenters. The van der Waals surface area contributed by atoms with Crippen molar-refractivity contribution in [3.8, 4) is 11.4 Å². The average Bonchev–Trinajstić information content (AvgIpc) is 2.63. The van der Waals surface area contributed by atoms with E-state index in [1.165, 1.54) is 16.8 Å². The van der Waals surface area contributed by atoms with Crippen molar-refractivity contribution in [2.75, 3.05) is 13.6 Å². The van der Waals surface area contributed by atoms with E-state index in [1.807, 2.05) is 7.05 Å². The van der Waals surface area contributed by atoms with Gasteiger partial charge in [0.2, 0.25) is 0 Å². The fraction of sp³-hybridized carbons (Fsp3) is 0.357. The molecule has 0 unspecified atom stereocenters.